The number of nitrogens with two attached hydrogens (primary N) is 1. The highest BCUT2D eigenvalue weighted by molar-refractivity contribution is 6.30. The van der Waals surface area contributed by atoms with Gasteiger partial charge in [0.25, 0.3) is 0 Å². The van der Waals surface area contributed by atoms with Crippen molar-refractivity contribution in [2.45, 2.75) is 20.0 Å². The Bertz CT molecular complexity index is 317. The first kappa shape index (κ1) is 12.1. The van der Waals surface area contributed by atoms with Gasteiger partial charge >= 0.3 is 0 Å². The summed E-state index contributed by atoms with van der Waals surface area (Å²) in [6.07, 6.45) is -0.0475. The van der Waals surface area contributed by atoms with Gasteiger partial charge in [0.2, 0.25) is 0 Å². The normalized spacial score (nSPS) is 17.7. The molecule has 0 fully saturated rings. The highest BCUT2D eigenvalue weighted by Crippen LogP contribution is 2.33. The Labute approximate surface area is 95.1 Å². The first-order valence-electron chi connectivity index (χ1n) is 5.08. The van der Waals surface area contributed by atoms with Crippen LogP contribution in [0.1, 0.15) is 13.8 Å². The van der Waals surface area contributed by atoms with Crippen LogP contribution in [0.4, 0.5) is 0 Å². The summed E-state index contributed by atoms with van der Waals surface area (Å²) >= 11 is 5.79. The van der Waals surface area contributed by atoms with Crippen LogP contribution in [-0.4, -0.2) is 19.3 Å². The van der Waals surface area contributed by atoms with Crippen molar-refractivity contribution in [1.29, 1.82) is 0 Å². The Morgan fingerprint density at radius 3 is 2.80 bits per heavy atom. The fourth-order valence-electron chi connectivity index (χ4n) is 1.20. The average molecular weight is 230 g/mol. The zero-order valence-electron chi connectivity index (χ0n) is 9.00. The molecule has 1 aromatic rings. The van der Waals surface area contributed by atoms with Crippen LogP contribution in [0.2, 0.25) is 5.02 Å². The van der Waals surface area contributed by atoms with Crippen LogP contribution in [0.3, 0.4) is 0 Å². The lowest BCUT2D eigenvalue weighted by atomic mass is 10.2. The summed E-state index contributed by atoms with van der Waals surface area (Å²) in [5.41, 5.74) is 5.46. The van der Waals surface area contributed by atoms with Crippen molar-refractivity contribution >= 4 is 11.6 Å². The van der Waals surface area contributed by atoms with E-state index in [0.29, 0.717) is 29.7 Å². The van der Waals surface area contributed by atoms with Crippen LogP contribution in [0.25, 0.3) is 0 Å². The SMILES string of the molecule is CC.NC[C@H]1COc2cc(Cl)ccc2O1. The summed E-state index contributed by atoms with van der Waals surface area (Å²) in [6, 6.07) is 5.30. The van der Waals surface area contributed by atoms with Crippen LogP contribution in [-0.2, 0) is 0 Å². The van der Waals surface area contributed by atoms with E-state index in [1.54, 1.807) is 18.2 Å². The maximum atomic E-state index is 5.79. The lowest BCUT2D eigenvalue weighted by Gasteiger charge is -2.25. The average Bonchev–Trinajstić information content (AvgIpc) is 2.31. The lowest BCUT2D eigenvalue weighted by Crippen LogP contribution is -2.35. The second kappa shape index (κ2) is 5.83. The quantitative estimate of drug-likeness (QED) is 0.805. The third-order valence-electron chi connectivity index (χ3n) is 1.89. The third kappa shape index (κ3) is 3.01. The number of hydrogen-bond donors (Lipinski definition) is 1. The molecule has 15 heavy (non-hydrogen) atoms. The smallest absolute Gasteiger partial charge is 0.162 e. The van der Waals surface area contributed by atoms with Crippen molar-refractivity contribution in [1.82, 2.24) is 0 Å². The molecule has 1 aromatic carbocycles. The highest BCUT2D eigenvalue weighted by atomic mass is 35.5. The van der Waals surface area contributed by atoms with Crippen LogP contribution in [0.15, 0.2) is 18.2 Å². The molecule has 1 atom stereocenters. The molecule has 0 unspecified atom stereocenters. The summed E-state index contributed by atoms with van der Waals surface area (Å²) in [4.78, 5) is 0. The van der Waals surface area contributed by atoms with Crippen molar-refractivity contribution in [3.63, 3.8) is 0 Å². The largest absolute Gasteiger partial charge is 0.486 e. The Kier molecular flexibility index (Phi) is 4.72. The first-order chi connectivity index (χ1) is 7.29. The van der Waals surface area contributed by atoms with E-state index in [1.165, 1.54) is 0 Å². The Hall–Kier alpha value is -0.930. The molecular formula is C11H16ClNO2. The van der Waals surface area contributed by atoms with E-state index in [4.69, 9.17) is 26.8 Å². The van der Waals surface area contributed by atoms with Gasteiger partial charge in [-0.2, -0.15) is 0 Å². The van der Waals surface area contributed by atoms with E-state index >= 15 is 0 Å². The molecule has 84 valence electrons. The van der Waals surface area contributed by atoms with E-state index in [-0.39, 0.29) is 6.10 Å². The van der Waals surface area contributed by atoms with Gasteiger partial charge in [-0.15, -0.1) is 0 Å². The zero-order chi connectivity index (χ0) is 11.3. The standard InChI is InChI=1S/C9H10ClNO2.C2H6/c10-6-1-2-8-9(3-6)12-5-7(4-11)13-8;1-2/h1-3,7H,4-5,11H2;1-2H3/t7-;/m0./s1. The van der Waals surface area contributed by atoms with E-state index in [1.807, 2.05) is 13.8 Å². The topological polar surface area (TPSA) is 44.5 Å². The van der Waals surface area contributed by atoms with Gasteiger partial charge < -0.3 is 15.2 Å². The molecule has 3 nitrogen and oxygen atoms in total. The molecule has 0 radical (unpaired) electrons. The van der Waals surface area contributed by atoms with Crippen LogP contribution < -0.4 is 15.2 Å². The molecule has 4 heteroatoms. The summed E-state index contributed by atoms with van der Waals surface area (Å²) in [5, 5.41) is 0.647. The van der Waals surface area contributed by atoms with E-state index in [9.17, 15) is 0 Å². The molecule has 1 heterocycles. The number of hydrogen-bond acceptors (Lipinski definition) is 3. The second-order valence-corrected chi connectivity index (χ2v) is 3.31. The number of rotatable bonds is 1. The number of fused-ring (bicyclic) bond motifs is 1. The van der Waals surface area contributed by atoms with Gasteiger partial charge in [-0.25, -0.2) is 0 Å². The molecule has 0 spiro atoms. The molecule has 0 bridgehead atoms. The van der Waals surface area contributed by atoms with E-state index in [0.717, 1.165) is 0 Å². The first-order valence-corrected chi connectivity index (χ1v) is 5.46. The van der Waals surface area contributed by atoms with Crippen LogP contribution in [0.5, 0.6) is 11.5 Å². The fourth-order valence-corrected chi connectivity index (χ4v) is 1.37. The van der Waals surface area contributed by atoms with Crippen molar-refractivity contribution in [2.75, 3.05) is 13.2 Å². The summed E-state index contributed by atoms with van der Waals surface area (Å²) in [6.45, 7) is 4.95. The summed E-state index contributed by atoms with van der Waals surface area (Å²) in [7, 11) is 0. The van der Waals surface area contributed by atoms with Crippen LogP contribution in [0, 0.1) is 0 Å². The van der Waals surface area contributed by atoms with E-state index < -0.39 is 0 Å². The third-order valence-corrected chi connectivity index (χ3v) is 2.12. The van der Waals surface area contributed by atoms with Gasteiger partial charge in [-0.3, -0.25) is 0 Å². The van der Waals surface area contributed by atoms with Crippen molar-refractivity contribution in [2.24, 2.45) is 5.73 Å². The number of benzene rings is 1. The minimum atomic E-state index is -0.0475. The Morgan fingerprint density at radius 2 is 2.13 bits per heavy atom. The lowest BCUT2D eigenvalue weighted by molar-refractivity contribution is 0.0969. The fraction of sp³-hybridized carbons (Fsp3) is 0.455. The monoisotopic (exact) mass is 229 g/mol. The van der Waals surface area contributed by atoms with Gasteiger partial charge in [0, 0.05) is 17.6 Å². The van der Waals surface area contributed by atoms with Gasteiger partial charge in [-0.1, -0.05) is 25.4 Å². The molecule has 1 aliphatic heterocycles. The van der Waals surface area contributed by atoms with E-state index in [2.05, 4.69) is 0 Å². The minimum absolute atomic E-state index is 0.0475. The van der Waals surface area contributed by atoms with Crippen molar-refractivity contribution in [3.8, 4) is 11.5 Å². The maximum absolute atomic E-state index is 5.79. The van der Waals surface area contributed by atoms with Crippen molar-refractivity contribution in [3.05, 3.63) is 23.2 Å². The molecule has 1 aliphatic rings. The highest BCUT2D eigenvalue weighted by Gasteiger charge is 2.19. The Balaban J connectivity index is 0.000000531. The van der Waals surface area contributed by atoms with Crippen LogP contribution >= 0.6 is 11.6 Å². The molecule has 0 saturated heterocycles. The summed E-state index contributed by atoms with van der Waals surface area (Å²) < 4.78 is 10.9. The van der Waals surface area contributed by atoms with Crippen molar-refractivity contribution < 1.29 is 9.47 Å². The van der Waals surface area contributed by atoms with Gasteiger partial charge in [0.1, 0.15) is 12.7 Å². The maximum Gasteiger partial charge on any atom is 0.162 e. The zero-order valence-corrected chi connectivity index (χ0v) is 9.75. The van der Waals surface area contributed by atoms with Gasteiger partial charge in [0.05, 0.1) is 0 Å². The predicted molar refractivity (Wildman–Crippen MR) is 61.8 cm³/mol. The Morgan fingerprint density at radius 1 is 1.40 bits per heavy atom. The second-order valence-electron chi connectivity index (χ2n) is 2.88. The number of halogens is 1. The summed E-state index contributed by atoms with van der Waals surface area (Å²) in [5.74, 6) is 1.41. The number of ether oxygens (including phenoxy) is 2. The molecule has 0 saturated carbocycles. The molecule has 0 amide bonds. The van der Waals surface area contributed by atoms with Gasteiger partial charge in [0.15, 0.2) is 11.5 Å². The predicted octanol–water partition coefficient (Wildman–Crippen LogP) is 2.46. The molecular weight excluding hydrogens is 214 g/mol. The molecule has 2 rings (SSSR count). The molecule has 2 N–H and O–H groups in total. The molecule has 0 aliphatic carbocycles. The van der Waals surface area contributed by atoms with Gasteiger partial charge in [-0.05, 0) is 12.1 Å². The minimum Gasteiger partial charge on any atom is -0.486 e. The molecule has 0 aromatic heterocycles.